The molecule has 1 aromatic carbocycles. The third kappa shape index (κ3) is 6.14. The van der Waals surface area contributed by atoms with Crippen LogP contribution in [0, 0.1) is 0 Å². The molecule has 1 fully saturated rings. The van der Waals surface area contributed by atoms with E-state index in [1.54, 1.807) is 12.0 Å². The van der Waals surface area contributed by atoms with Gasteiger partial charge in [0.15, 0.2) is 5.82 Å². The number of benzene rings is 1. The van der Waals surface area contributed by atoms with Crippen molar-refractivity contribution in [2.45, 2.75) is 6.92 Å². The number of carbonyl (C=O) groups excluding carboxylic acids is 2. The molecule has 0 aliphatic carbocycles. The van der Waals surface area contributed by atoms with Gasteiger partial charge >= 0.3 is 6.03 Å². The number of urea groups is 1. The van der Waals surface area contributed by atoms with Gasteiger partial charge in [0, 0.05) is 51.9 Å². The minimum absolute atomic E-state index is 0.0424. The summed E-state index contributed by atoms with van der Waals surface area (Å²) in [5.41, 5.74) is 1.86. The second kappa shape index (κ2) is 11.3. The summed E-state index contributed by atoms with van der Waals surface area (Å²) in [7, 11) is 1.58. The zero-order valence-corrected chi connectivity index (χ0v) is 18.2. The van der Waals surface area contributed by atoms with Gasteiger partial charge in [-0.05, 0) is 19.1 Å². The van der Waals surface area contributed by atoms with E-state index in [4.69, 9.17) is 4.74 Å². The molecular weight excluding hydrogens is 396 g/mol. The van der Waals surface area contributed by atoms with E-state index in [1.165, 1.54) is 4.90 Å². The maximum absolute atomic E-state index is 12.7. The average molecular weight is 427 g/mol. The highest BCUT2D eigenvalue weighted by molar-refractivity contribution is 5.84. The fraction of sp³-hybridized carbons (Fsp3) is 0.455. The molecule has 1 N–H and O–H groups in total. The van der Waals surface area contributed by atoms with E-state index >= 15 is 0 Å². The summed E-state index contributed by atoms with van der Waals surface area (Å²) in [5.74, 6) is 0.739. The zero-order valence-electron chi connectivity index (χ0n) is 18.2. The van der Waals surface area contributed by atoms with Crippen LogP contribution in [-0.4, -0.2) is 91.5 Å². The molecule has 0 spiro atoms. The highest BCUT2D eigenvalue weighted by Gasteiger charge is 2.25. The van der Waals surface area contributed by atoms with Crippen LogP contribution in [0.3, 0.4) is 0 Å². The van der Waals surface area contributed by atoms with Gasteiger partial charge in [-0.3, -0.25) is 4.79 Å². The minimum atomic E-state index is -0.250. The first-order chi connectivity index (χ1) is 15.1. The Kier molecular flexibility index (Phi) is 8.17. The summed E-state index contributed by atoms with van der Waals surface area (Å²) in [5, 5.41) is 11.5. The number of hydrogen-bond donors (Lipinski definition) is 1. The van der Waals surface area contributed by atoms with Crippen LogP contribution < -0.4 is 10.2 Å². The van der Waals surface area contributed by atoms with Crippen LogP contribution in [0.1, 0.15) is 6.92 Å². The van der Waals surface area contributed by atoms with E-state index in [1.807, 2.05) is 49.4 Å². The number of methoxy groups -OCH3 is 1. The number of ether oxygens (including phenoxy) is 1. The third-order valence-electron chi connectivity index (χ3n) is 5.18. The Labute approximate surface area is 183 Å². The van der Waals surface area contributed by atoms with Crippen molar-refractivity contribution < 1.29 is 14.3 Å². The van der Waals surface area contributed by atoms with Crippen LogP contribution in [0.4, 0.5) is 10.6 Å². The van der Waals surface area contributed by atoms with Gasteiger partial charge in [-0.15, -0.1) is 10.2 Å². The standard InChI is InChI=1S/C22H30N6O3/c1-3-23-22(30)28(15-16-31-2)17-21(29)27-13-11-26(12-14-27)20-10-9-19(24-25-20)18-7-5-4-6-8-18/h4-10H,3,11-17H2,1-2H3,(H,23,30). The Bertz CT molecular complexity index is 838. The van der Waals surface area contributed by atoms with E-state index in [0.29, 0.717) is 45.9 Å². The van der Waals surface area contributed by atoms with Crippen molar-refractivity contribution in [1.29, 1.82) is 0 Å². The number of amides is 3. The molecule has 1 aliphatic heterocycles. The van der Waals surface area contributed by atoms with Gasteiger partial charge in [-0.1, -0.05) is 30.3 Å². The maximum Gasteiger partial charge on any atom is 0.317 e. The Morgan fingerprint density at radius 3 is 2.42 bits per heavy atom. The third-order valence-corrected chi connectivity index (χ3v) is 5.18. The average Bonchev–Trinajstić information content (AvgIpc) is 2.82. The van der Waals surface area contributed by atoms with Crippen molar-refractivity contribution in [3.05, 3.63) is 42.5 Å². The second-order valence-corrected chi connectivity index (χ2v) is 7.26. The highest BCUT2D eigenvalue weighted by Crippen LogP contribution is 2.19. The first-order valence-corrected chi connectivity index (χ1v) is 10.6. The number of nitrogens with zero attached hydrogens (tertiary/aromatic N) is 5. The van der Waals surface area contributed by atoms with Crippen molar-refractivity contribution in [3.63, 3.8) is 0 Å². The van der Waals surface area contributed by atoms with E-state index in [9.17, 15) is 9.59 Å². The number of rotatable bonds is 8. The Hall–Kier alpha value is -3.20. The zero-order chi connectivity index (χ0) is 22.1. The fourth-order valence-electron chi connectivity index (χ4n) is 3.42. The lowest BCUT2D eigenvalue weighted by Crippen LogP contribution is -2.53. The van der Waals surface area contributed by atoms with Crippen molar-refractivity contribution in [1.82, 2.24) is 25.3 Å². The number of carbonyl (C=O) groups is 2. The van der Waals surface area contributed by atoms with Gasteiger partial charge in [0.25, 0.3) is 0 Å². The van der Waals surface area contributed by atoms with E-state index in [2.05, 4.69) is 20.4 Å². The SMILES string of the molecule is CCNC(=O)N(CCOC)CC(=O)N1CCN(c2ccc(-c3ccccc3)nn2)CC1. The minimum Gasteiger partial charge on any atom is -0.383 e. The van der Waals surface area contributed by atoms with Crippen LogP contribution in [0.15, 0.2) is 42.5 Å². The molecule has 3 rings (SSSR count). The smallest absolute Gasteiger partial charge is 0.317 e. The number of piperazine rings is 1. The summed E-state index contributed by atoms with van der Waals surface area (Å²) in [6, 6.07) is 13.6. The summed E-state index contributed by atoms with van der Waals surface area (Å²) in [4.78, 5) is 30.4. The molecule has 0 radical (unpaired) electrons. The topological polar surface area (TPSA) is 90.9 Å². The largest absolute Gasteiger partial charge is 0.383 e. The molecule has 166 valence electrons. The first kappa shape index (κ1) is 22.5. The van der Waals surface area contributed by atoms with Crippen molar-refractivity contribution in [2.75, 3.05) is 64.4 Å². The summed E-state index contributed by atoms with van der Waals surface area (Å²) in [6.07, 6.45) is 0. The summed E-state index contributed by atoms with van der Waals surface area (Å²) in [6.45, 7) is 5.66. The molecule has 1 saturated heterocycles. The molecule has 0 saturated carbocycles. The molecule has 1 aliphatic rings. The molecule has 0 atom stereocenters. The summed E-state index contributed by atoms with van der Waals surface area (Å²) >= 11 is 0. The van der Waals surface area contributed by atoms with Gasteiger partial charge < -0.3 is 24.8 Å². The lowest BCUT2D eigenvalue weighted by atomic mass is 10.1. The molecule has 0 unspecified atom stereocenters. The van der Waals surface area contributed by atoms with Gasteiger partial charge in [0.1, 0.15) is 6.54 Å². The predicted molar refractivity (Wildman–Crippen MR) is 119 cm³/mol. The van der Waals surface area contributed by atoms with E-state index in [0.717, 1.165) is 17.1 Å². The van der Waals surface area contributed by atoms with Crippen LogP contribution in [0.2, 0.25) is 0 Å². The maximum atomic E-state index is 12.7. The summed E-state index contributed by atoms with van der Waals surface area (Å²) < 4.78 is 5.06. The van der Waals surface area contributed by atoms with Crippen LogP contribution in [-0.2, 0) is 9.53 Å². The molecule has 1 aromatic heterocycles. The molecule has 0 bridgehead atoms. The lowest BCUT2D eigenvalue weighted by Gasteiger charge is -2.36. The Balaban J connectivity index is 1.53. The molecule has 2 heterocycles. The number of aromatic nitrogens is 2. The Morgan fingerprint density at radius 2 is 1.81 bits per heavy atom. The molecule has 9 nitrogen and oxygen atoms in total. The Morgan fingerprint density at radius 1 is 1.06 bits per heavy atom. The second-order valence-electron chi connectivity index (χ2n) is 7.26. The quantitative estimate of drug-likeness (QED) is 0.688. The molecular formula is C22H30N6O3. The van der Waals surface area contributed by atoms with Gasteiger partial charge in [-0.2, -0.15) is 0 Å². The van der Waals surface area contributed by atoms with Gasteiger partial charge in [0.2, 0.25) is 5.91 Å². The van der Waals surface area contributed by atoms with Gasteiger partial charge in [-0.25, -0.2) is 4.79 Å². The first-order valence-electron chi connectivity index (χ1n) is 10.6. The van der Waals surface area contributed by atoms with Crippen molar-refractivity contribution in [2.24, 2.45) is 0 Å². The lowest BCUT2D eigenvalue weighted by molar-refractivity contribution is -0.132. The highest BCUT2D eigenvalue weighted by atomic mass is 16.5. The van der Waals surface area contributed by atoms with Crippen LogP contribution in [0.5, 0.6) is 0 Å². The van der Waals surface area contributed by atoms with Crippen LogP contribution >= 0.6 is 0 Å². The van der Waals surface area contributed by atoms with Crippen molar-refractivity contribution in [3.8, 4) is 11.3 Å². The van der Waals surface area contributed by atoms with Crippen molar-refractivity contribution >= 4 is 17.8 Å². The molecule has 2 aromatic rings. The van der Waals surface area contributed by atoms with E-state index in [-0.39, 0.29) is 18.5 Å². The number of hydrogen-bond acceptors (Lipinski definition) is 6. The molecule has 9 heteroatoms. The van der Waals surface area contributed by atoms with E-state index < -0.39 is 0 Å². The molecule has 31 heavy (non-hydrogen) atoms. The molecule has 3 amide bonds. The number of nitrogens with one attached hydrogen (secondary N) is 1. The monoisotopic (exact) mass is 426 g/mol. The predicted octanol–water partition coefficient (Wildman–Crippen LogP) is 1.47. The van der Waals surface area contributed by atoms with Crippen LogP contribution in [0.25, 0.3) is 11.3 Å². The fourth-order valence-corrected chi connectivity index (χ4v) is 3.42. The normalized spacial score (nSPS) is 13.7. The van der Waals surface area contributed by atoms with Gasteiger partial charge in [0.05, 0.1) is 12.3 Å². The number of anilines is 1.